The van der Waals surface area contributed by atoms with Crippen molar-refractivity contribution in [2.45, 2.75) is 51.9 Å². The third-order valence-corrected chi connectivity index (χ3v) is 2.17. The fraction of sp³-hybridized carbons (Fsp3) is 0.818. The maximum absolute atomic E-state index is 9.78. The Morgan fingerprint density at radius 3 is 2.47 bits per heavy atom. The van der Waals surface area contributed by atoms with E-state index in [0.717, 1.165) is 6.42 Å². The van der Waals surface area contributed by atoms with Crippen LogP contribution in [0.15, 0.2) is 12.2 Å². The van der Waals surface area contributed by atoms with E-state index in [1.807, 2.05) is 6.08 Å². The minimum absolute atomic E-state index is 0.0723. The molecule has 0 saturated heterocycles. The van der Waals surface area contributed by atoms with Crippen molar-refractivity contribution in [1.82, 2.24) is 0 Å². The summed E-state index contributed by atoms with van der Waals surface area (Å²) in [6, 6.07) is 0. The van der Waals surface area contributed by atoms with Gasteiger partial charge in [0, 0.05) is 0 Å². The molecule has 0 N–H and O–H groups in total. The van der Waals surface area contributed by atoms with Crippen molar-refractivity contribution in [3.05, 3.63) is 22.3 Å². The van der Waals surface area contributed by atoms with Crippen LogP contribution in [0.4, 0.5) is 0 Å². The first-order valence-electron chi connectivity index (χ1n) is 5.69. The van der Waals surface area contributed by atoms with Gasteiger partial charge in [-0.05, 0) is 12.8 Å². The predicted octanol–water partition coefficient (Wildman–Crippen LogP) is 3.50. The minimum atomic E-state index is -0.769. The Morgan fingerprint density at radius 1 is 1.13 bits per heavy atom. The van der Waals surface area contributed by atoms with Crippen molar-refractivity contribution in [1.29, 1.82) is 0 Å². The zero-order valence-electron chi connectivity index (χ0n) is 9.48. The number of hydrogen-bond donors (Lipinski definition) is 0. The fourth-order valence-corrected chi connectivity index (χ4v) is 1.33. The Balaban J connectivity index is 3.06. The van der Waals surface area contributed by atoms with E-state index in [4.69, 9.17) is 0 Å². The van der Waals surface area contributed by atoms with Gasteiger partial charge in [-0.1, -0.05) is 51.2 Å². The van der Waals surface area contributed by atoms with Crippen LogP contribution in [0.25, 0.3) is 0 Å². The van der Waals surface area contributed by atoms with Gasteiger partial charge in [-0.15, -0.1) is 10.1 Å². The molecular formula is C11H21NO3. The Bertz CT molecular complexity index is 181. The molecule has 0 aromatic carbocycles. The molecule has 0 heterocycles. The van der Waals surface area contributed by atoms with Gasteiger partial charge in [0.2, 0.25) is 0 Å². The molecule has 0 bridgehead atoms. The molecule has 0 unspecified atom stereocenters. The number of allylic oxidation sites excluding steroid dienone is 1. The summed E-state index contributed by atoms with van der Waals surface area (Å²) in [5.74, 6) is 0. The molecular weight excluding hydrogens is 194 g/mol. The molecule has 0 radical (unpaired) electrons. The molecule has 0 rings (SSSR count). The molecule has 0 aromatic heterocycles. The van der Waals surface area contributed by atoms with E-state index in [0.29, 0.717) is 0 Å². The second-order valence-corrected chi connectivity index (χ2v) is 3.55. The van der Waals surface area contributed by atoms with E-state index < -0.39 is 5.09 Å². The standard InChI is InChI=1S/C11H21NO3/c1-2-3-4-5-6-7-8-9-10-11-15-12(13)14/h9-10H,2-8,11H2,1H3. The molecule has 0 fully saturated rings. The van der Waals surface area contributed by atoms with Gasteiger partial charge in [-0.25, -0.2) is 0 Å². The molecule has 0 atom stereocenters. The summed E-state index contributed by atoms with van der Waals surface area (Å²) in [5, 5.41) is 9.02. The van der Waals surface area contributed by atoms with Gasteiger partial charge in [-0.2, -0.15) is 0 Å². The van der Waals surface area contributed by atoms with Crippen molar-refractivity contribution in [2.75, 3.05) is 6.61 Å². The second kappa shape index (κ2) is 11.0. The fourth-order valence-electron chi connectivity index (χ4n) is 1.33. The smallest absolute Gasteiger partial charge is 0.294 e. The summed E-state index contributed by atoms with van der Waals surface area (Å²) in [4.78, 5) is 13.9. The summed E-state index contributed by atoms with van der Waals surface area (Å²) < 4.78 is 0. The van der Waals surface area contributed by atoms with Gasteiger partial charge in [-0.3, -0.25) is 0 Å². The molecule has 0 saturated carbocycles. The van der Waals surface area contributed by atoms with Crippen LogP contribution in [0.5, 0.6) is 0 Å². The quantitative estimate of drug-likeness (QED) is 0.242. The van der Waals surface area contributed by atoms with Crippen LogP contribution >= 0.6 is 0 Å². The first-order valence-corrected chi connectivity index (χ1v) is 5.69. The highest BCUT2D eigenvalue weighted by molar-refractivity contribution is 4.80. The van der Waals surface area contributed by atoms with Crippen LogP contribution in [-0.2, 0) is 4.84 Å². The molecule has 0 spiro atoms. The third-order valence-electron chi connectivity index (χ3n) is 2.17. The normalized spacial score (nSPS) is 10.7. The SMILES string of the molecule is CCCCCCCCC=CCO[N+](=O)[O-]. The summed E-state index contributed by atoms with van der Waals surface area (Å²) >= 11 is 0. The van der Waals surface area contributed by atoms with Gasteiger partial charge in [0.05, 0.1) is 0 Å². The van der Waals surface area contributed by atoms with Gasteiger partial charge >= 0.3 is 0 Å². The number of unbranched alkanes of at least 4 members (excludes halogenated alkanes) is 6. The van der Waals surface area contributed by atoms with E-state index in [2.05, 4.69) is 11.8 Å². The van der Waals surface area contributed by atoms with E-state index in [1.54, 1.807) is 6.08 Å². The minimum Gasteiger partial charge on any atom is -0.310 e. The van der Waals surface area contributed by atoms with Crippen LogP contribution in [0.1, 0.15) is 51.9 Å². The van der Waals surface area contributed by atoms with Gasteiger partial charge in [0.15, 0.2) is 0 Å². The van der Waals surface area contributed by atoms with Crippen molar-refractivity contribution in [3.8, 4) is 0 Å². The lowest BCUT2D eigenvalue weighted by Crippen LogP contribution is -1.99. The molecule has 15 heavy (non-hydrogen) atoms. The lowest BCUT2D eigenvalue weighted by atomic mass is 10.1. The van der Waals surface area contributed by atoms with Crippen LogP contribution in [0.3, 0.4) is 0 Å². The van der Waals surface area contributed by atoms with Gasteiger partial charge in [0.1, 0.15) is 6.61 Å². The lowest BCUT2D eigenvalue weighted by molar-refractivity contribution is -0.755. The molecule has 0 amide bonds. The molecule has 0 aliphatic heterocycles. The highest BCUT2D eigenvalue weighted by atomic mass is 16.9. The molecule has 4 nitrogen and oxygen atoms in total. The Kier molecular flexibility index (Phi) is 10.2. The van der Waals surface area contributed by atoms with Crippen LogP contribution < -0.4 is 0 Å². The van der Waals surface area contributed by atoms with Crippen LogP contribution in [-0.4, -0.2) is 11.7 Å². The Morgan fingerprint density at radius 2 is 1.80 bits per heavy atom. The van der Waals surface area contributed by atoms with E-state index >= 15 is 0 Å². The number of rotatable bonds is 10. The van der Waals surface area contributed by atoms with E-state index in [-0.39, 0.29) is 6.61 Å². The van der Waals surface area contributed by atoms with Crippen molar-refractivity contribution in [2.24, 2.45) is 0 Å². The average molecular weight is 215 g/mol. The van der Waals surface area contributed by atoms with Crippen LogP contribution in [0.2, 0.25) is 0 Å². The molecule has 88 valence electrons. The van der Waals surface area contributed by atoms with Crippen molar-refractivity contribution < 1.29 is 9.92 Å². The molecule has 0 aliphatic carbocycles. The van der Waals surface area contributed by atoms with Crippen LogP contribution in [0, 0.1) is 10.1 Å². The summed E-state index contributed by atoms with van der Waals surface area (Å²) in [6.07, 6.45) is 12.3. The van der Waals surface area contributed by atoms with Gasteiger partial charge < -0.3 is 4.84 Å². The summed E-state index contributed by atoms with van der Waals surface area (Å²) in [5.41, 5.74) is 0. The second-order valence-electron chi connectivity index (χ2n) is 3.55. The highest BCUT2D eigenvalue weighted by Crippen LogP contribution is 2.06. The largest absolute Gasteiger partial charge is 0.310 e. The Hall–Kier alpha value is -1.06. The monoisotopic (exact) mass is 215 g/mol. The van der Waals surface area contributed by atoms with E-state index in [1.165, 1.54) is 38.5 Å². The Labute approximate surface area is 91.4 Å². The van der Waals surface area contributed by atoms with Crippen molar-refractivity contribution in [3.63, 3.8) is 0 Å². The zero-order valence-corrected chi connectivity index (χ0v) is 9.48. The number of nitrogens with zero attached hydrogens (tertiary/aromatic N) is 1. The average Bonchev–Trinajstić information content (AvgIpc) is 2.20. The third kappa shape index (κ3) is 12.9. The highest BCUT2D eigenvalue weighted by Gasteiger charge is 1.89. The maximum Gasteiger partial charge on any atom is 0.294 e. The molecule has 4 heteroatoms. The topological polar surface area (TPSA) is 52.4 Å². The molecule has 0 aromatic rings. The number of hydrogen-bond acceptors (Lipinski definition) is 3. The van der Waals surface area contributed by atoms with Crippen molar-refractivity contribution >= 4 is 0 Å². The first-order chi connectivity index (χ1) is 7.27. The summed E-state index contributed by atoms with van der Waals surface area (Å²) in [6.45, 7) is 2.28. The lowest BCUT2D eigenvalue weighted by Gasteiger charge is -1.97. The molecule has 0 aliphatic rings. The van der Waals surface area contributed by atoms with E-state index in [9.17, 15) is 10.1 Å². The zero-order chi connectivity index (χ0) is 11.4. The first kappa shape index (κ1) is 13.9. The predicted molar refractivity (Wildman–Crippen MR) is 60.1 cm³/mol. The maximum atomic E-state index is 9.78. The van der Waals surface area contributed by atoms with Gasteiger partial charge in [0.25, 0.3) is 5.09 Å². The summed E-state index contributed by atoms with van der Waals surface area (Å²) in [7, 11) is 0.